The van der Waals surface area contributed by atoms with Gasteiger partial charge in [-0.05, 0) is 26.0 Å². The summed E-state index contributed by atoms with van der Waals surface area (Å²) < 4.78 is 5.63. The molecule has 3 heterocycles. The first-order chi connectivity index (χ1) is 9.72. The van der Waals surface area contributed by atoms with Gasteiger partial charge in [0.25, 0.3) is 0 Å². The minimum atomic E-state index is 0.724. The second-order valence-electron chi connectivity index (χ2n) is 4.64. The van der Waals surface area contributed by atoms with Crippen molar-refractivity contribution in [3.63, 3.8) is 0 Å². The summed E-state index contributed by atoms with van der Waals surface area (Å²) in [6.45, 7) is 5.43. The smallest absolute Gasteiger partial charge is 0.152 e. The number of H-pyrrole nitrogens is 1. The first-order valence-corrected chi connectivity index (χ1v) is 7.31. The van der Waals surface area contributed by atoms with Crippen molar-refractivity contribution in [3.05, 3.63) is 45.7 Å². The molecule has 0 aliphatic rings. The lowest BCUT2D eigenvalue weighted by molar-refractivity contribution is 0.545. The zero-order chi connectivity index (χ0) is 13.9. The molecule has 3 rings (SSSR count). The Labute approximate surface area is 121 Å². The van der Waals surface area contributed by atoms with Crippen LogP contribution in [-0.2, 0) is 13.1 Å². The number of rotatable bonds is 5. The van der Waals surface area contributed by atoms with E-state index < -0.39 is 0 Å². The normalized spacial score (nSPS) is 11.1. The number of nitrogens with zero attached hydrogens (tertiary/aromatic N) is 2. The van der Waals surface area contributed by atoms with Crippen LogP contribution >= 0.6 is 11.3 Å². The van der Waals surface area contributed by atoms with Gasteiger partial charge in [-0.3, -0.25) is 5.10 Å². The van der Waals surface area contributed by atoms with Gasteiger partial charge in [0, 0.05) is 24.0 Å². The van der Waals surface area contributed by atoms with Crippen LogP contribution in [0.5, 0.6) is 0 Å². The van der Waals surface area contributed by atoms with Crippen molar-refractivity contribution in [1.82, 2.24) is 20.5 Å². The first kappa shape index (κ1) is 13.1. The SMILES string of the molecule is Cc1ccc(-c2[nH]ncc2CNCc2csc(C)n2)o1. The highest BCUT2D eigenvalue weighted by Crippen LogP contribution is 2.23. The minimum Gasteiger partial charge on any atom is -0.460 e. The van der Waals surface area contributed by atoms with Crippen molar-refractivity contribution >= 4 is 11.3 Å². The molecule has 6 heteroatoms. The summed E-state index contributed by atoms with van der Waals surface area (Å²) in [6.07, 6.45) is 1.83. The van der Waals surface area contributed by atoms with Gasteiger partial charge in [0.2, 0.25) is 0 Å². The lowest BCUT2D eigenvalue weighted by Crippen LogP contribution is -2.13. The molecule has 0 unspecified atom stereocenters. The summed E-state index contributed by atoms with van der Waals surface area (Å²) in [5, 5.41) is 13.6. The van der Waals surface area contributed by atoms with Gasteiger partial charge in [-0.2, -0.15) is 5.10 Å². The summed E-state index contributed by atoms with van der Waals surface area (Å²) in [7, 11) is 0. The van der Waals surface area contributed by atoms with E-state index in [0.717, 1.165) is 46.6 Å². The Morgan fingerprint density at radius 3 is 2.90 bits per heavy atom. The Bertz CT molecular complexity index is 697. The number of aryl methyl sites for hydroxylation is 2. The van der Waals surface area contributed by atoms with Crippen LogP contribution in [0.1, 0.15) is 22.0 Å². The molecule has 0 aliphatic carbocycles. The topological polar surface area (TPSA) is 66.7 Å². The van der Waals surface area contributed by atoms with Crippen LogP contribution < -0.4 is 5.32 Å². The lowest BCUT2D eigenvalue weighted by Gasteiger charge is -2.02. The molecule has 0 aromatic carbocycles. The average Bonchev–Trinajstić information content (AvgIpc) is 3.11. The number of nitrogens with one attached hydrogen (secondary N) is 2. The second kappa shape index (κ2) is 5.60. The molecule has 3 aromatic heterocycles. The summed E-state index contributed by atoms with van der Waals surface area (Å²) >= 11 is 1.67. The predicted molar refractivity (Wildman–Crippen MR) is 78.4 cm³/mol. The maximum absolute atomic E-state index is 5.63. The zero-order valence-corrected chi connectivity index (χ0v) is 12.3. The van der Waals surface area contributed by atoms with E-state index in [1.807, 2.05) is 32.2 Å². The van der Waals surface area contributed by atoms with Crippen LogP contribution in [-0.4, -0.2) is 15.2 Å². The van der Waals surface area contributed by atoms with Gasteiger partial charge in [0.15, 0.2) is 5.76 Å². The highest BCUT2D eigenvalue weighted by atomic mass is 32.1. The summed E-state index contributed by atoms with van der Waals surface area (Å²) in [6, 6.07) is 3.90. The van der Waals surface area contributed by atoms with Crippen molar-refractivity contribution in [2.45, 2.75) is 26.9 Å². The third kappa shape index (κ3) is 2.81. The molecule has 0 fully saturated rings. The zero-order valence-electron chi connectivity index (χ0n) is 11.4. The Hall–Kier alpha value is -1.92. The molecular formula is C14H16N4OS. The highest BCUT2D eigenvalue weighted by Gasteiger charge is 2.10. The van der Waals surface area contributed by atoms with Crippen LogP contribution in [0.15, 0.2) is 28.1 Å². The van der Waals surface area contributed by atoms with E-state index in [-0.39, 0.29) is 0 Å². The lowest BCUT2D eigenvalue weighted by atomic mass is 10.2. The van der Waals surface area contributed by atoms with Crippen LogP contribution in [0.2, 0.25) is 0 Å². The highest BCUT2D eigenvalue weighted by molar-refractivity contribution is 7.09. The van der Waals surface area contributed by atoms with Crippen molar-refractivity contribution in [3.8, 4) is 11.5 Å². The minimum absolute atomic E-state index is 0.724. The van der Waals surface area contributed by atoms with Gasteiger partial charge in [0.1, 0.15) is 11.5 Å². The third-order valence-corrected chi connectivity index (χ3v) is 3.82. The third-order valence-electron chi connectivity index (χ3n) is 2.99. The molecule has 0 atom stereocenters. The van der Waals surface area contributed by atoms with Gasteiger partial charge in [0.05, 0.1) is 16.9 Å². The Morgan fingerprint density at radius 1 is 1.30 bits per heavy atom. The van der Waals surface area contributed by atoms with Gasteiger partial charge in [-0.15, -0.1) is 11.3 Å². The Kier molecular flexibility index (Phi) is 3.66. The van der Waals surface area contributed by atoms with E-state index in [4.69, 9.17) is 4.42 Å². The molecule has 0 radical (unpaired) electrons. The molecule has 0 amide bonds. The summed E-state index contributed by atoms with van der Waals surface area (Å²) in [4.78, 5) is 4.43. The standard InChI is InChI=1S/C14H16N4OS/c1-9-3-4-13(19-9)14-11(6-16-18-14)5-15-7-12-8-20-10(2)17-12/h3-4,6,8,15H,5,7H2,1-2H3,(H,16,18). The number of aromatic amines is 1. The summed E-state index contributed by atoms with van der Waals surface area (Å²) in [5.41, 5.74) is 3.10. The number of furan rings is 1. The van der Waals surface area contributed by atoms with Crippen LogP contribution in [0.4, 0.5) is 0 Å². The Morgan fingerprint density at radius 2 is 2.20 bits per heavy atom. The van der Waals surface area contributed by atoms with Crippen LogP contribution in [0.3, 0.4) is 0 Å². The fourth-order valence-electron chi connectivity index (χ4n) is 2.04. The van der Waals surface area contributed by atoms with E-state index in [0.29, 0.717) is 0 Å². The van der Waals surface area contributed by atoms with Gasteiger partial charge >= 0.3 is 0 Å². The molecule has 0 bridgehead atoms. The first-order valence-electron chi connectivity index (χ1n) is 6.43. The average molecular weight is 288 g/mol. The van der Waals surface area contributed by atoms with Crippen LogP contribution in [0, 0.1) is 13.8 Å². The van der Waals surface area contributed by atoms with Gasteiger partial charge < -0.3 is 9.73 Å². The monoisotopic (exact) mass is 288 g/mol. The molecule has 104 valence electrons. The molecule has 20 heavy (non-hydrogen) atoms. The number of thiazole rings is 1. The number of hydrogen-bond acceptors (Lipinski definition) is 5. The number of hydrogen-bond donors (Lipinski definition) is 2. The van der Waals surface area contributed by atoms with E-state index in [9.17, 15) is 0 Å². The molecule has 0 aliphatic heterocycles. The second-order valence-corrected chi connectivity index (χ2v) is 5.70. The molecule has 3 aromatic rings. The van der Waals surface area contributed by atoms with E-state index in [1.165, 1.54) is 0 Å². The van der Waals surface area contributed by atoms with Gasteiger partial charge in [-0.1, -0.05) is 0 Å². The van der Waals surface area contributed by atoms with Crippen molar-refractivity contribution < 1.29 is 4.42 Å². The van der Waals surface area contributed by atoms with Crippen LogP contribution in [0.25, 0.3) is 11.5 Å². The fourth-order valence-corrected chi connectivity index (χ4v) is 2.65. The molecule has 0 spiro atoms. The van der Waals surface area contributed by atoms with E-state index in [1.54, 1.807) is 11.3 Å². The maximum atomic E-state index is 5.63. The predicted octanol–water partition coefficient (Wildman–Crippen LogP) is 3.03. The molecular weight excluding hydrogens is 272 g/mol. The summed E-state index contributed by atoms with van der Waals surface area (Å²) in [5.74, 6) is 1.72. The Balaban J connectivity index is 1.65. The quantitative estimate of drug-likeness (QED) is 0.757. The largest absolute Gasteiger partial charge is 0.460 e. The maximum Gasteiger partial charge on any atom is 0.152 e. The van der Waals surface area contributed by atoms with Crippen molar-refractivity contribution in [1.29, 1.82) is 0 Å². The molecule has 0 saturated heterocycles. The fraction of sp³-hybridized carbons (Fsp3) is 0.286. The van der Waals surface area contributed by atoms with E-state index >= 15 is 0 Å². The van der Waals surface area contributed by atoms with Crippen molar-refractivity contribution in [2.24, 2.45) is 0 Å². The molecule has 0 saturated carbocycles. The van der Waals surface area contributed by atoms with Gasteiger partial charge in [-0.25, -0.2) is 4.98 Å². The number of aromatic nitrogens is 3. The molecule has 5 nitrogen and oxygen atoms in total. The molecule has 2 N–H and O–H groups in total. The van der Waals surface area contributed by atoms with Crippen molar-refractivity contribution in [2.75, 3.05) is 0 Å². The van der Waals surface area contributed by atoms with E-state index in [2.05, 4.69) is 25.9 Å².